The molecule has 1 fully saturated rings. The average Bonchev–Trinajstić information content (AvgIpc) is 2.49. The van der Waals surface area contributed by atoms with Crippen LogP contribution in [0.25, 0.3) is 0 Å². The highest BCUT2D eigenvalue weighted by Gasteiger charge is 2.30. The lowest BCUT2D eigenvalue weighted by atomic mass is 9.95. The maximum atomic E-state index is 12.5. The number of nitrogens with two attached hydrogens (primary N) is 1. The topological polar surface area (TPSA) is 75.9 Å². The molecule has 1 aliphatic heterocycles. The van der Waals surface area contributed by atoms with E-state index in [4.69, 9.17) is 10.5 Å². The molecule has 0 aliphatic carbocycles. The molecule has 2 amide bonds. The van der Waals surface area contributed by atoms with Gasteiger partial charge in [0, 0.05) is 26.2 Å². The second-order valence-corrected chi connectivity index (χ2v) is 8.08. The Labute approximate surface area is 146 Å². The zero-order chi connectivity index (χ0) is 18.5. The molecule has 0 saturated carbocycles. The molecule has 0 bridgehead atoms. The lowest BCUT2D eigenvalue weighted by Gasteiger charge is -2.37. The Morgan fingerprint density at radius 1 is 1.33 bits per heavy atom. The van der Waals surface area contributed by atoms with Gasteiger partial charge in [-0.3, -0.25) is 4.79 Å². The van der Waals surface area contributed by atoms with Crippen molar-refractivity contribution in [3.8, 4) is 0 Å². The van der Waals surface area contributed by atoms with Gasteiger partial charge in [-0.05, 0) is 52.4 Å². The van der Waals surface area contributed by atoms with Crippen molar-refractivity contribution in [1.82, 2.24) is 9.80 Å². The summed E-state index contributed by atoms with van der Waals surface area (Å²) < 4.78 is 5.46. The summed E-state index contributed by atoms with van der Waals surface area (Å²) in [5, 5.41) is 0. The minimum absolute atomic E-state index is 0.0232. The van der Waals surface area contributed by atoms with E-state index in [9.17, 15) is 9.59 Å². The van der Waals surface area contributed by atoms with Gasteiger partial charge in [0.25, 0.3) is 0 Å². The van der Waals surface area contributed by atoms with Crippen molar-refractivity contribution in [2.24, 2.45) is 17.6 Å². The Kier molecular flexibility index (Phi) is 7.52. The van der Waals surface area contributed by atoms with Gasteiger partial charge in [0.1, 0.15) is 5.60 Å². The molecule has 6 nitrogen and oxygen atoms in total. The summed E-state index contributed by atoms with van der Waals surface area (Å²) in [6.45, 7) is 14.1. The number of hydrogen-bond acceptors (Lipinski definition) is 4. The molecule has 0 aromatic heterocycles. The van der Waals surface area contributed by atoms with Gasteiger partial charge in [-0.25, -0.2) is 4.79 Å². The van der Waals surface area contributed by atoms with E-state index in [0.29, 0.717) is 19.6 Å². The molecule has 140 valence electrons. The first-order valence-corrected chi connectivity index (χ1v) is 9.07. The Balaban J connectivity index is 2.63. The first-order chi connectivity index (χ1) is 11.0. The van der Waals surface area contributed by atoms with E-state index >= 15 is 0 Å². The van der Waals surface area contributed by atoms with Crippen molar-refractivity contribution in [3.63, 3.8) is 0 Å². The van der Waals surface area contributed by atoms with E-state index in [1.54, 1.807) is 4.90 Å². The van der Waals surface area contributed by atoms with Crippen LogP contribution >= 0.6 is 0 Å². The Morgan fingerprint density at radius 2 is 1.96 bits per heavy atom. The van der Waals surface area contributed by atoms with Crippen molar-refractivity contribution in [1.29, 1.82) is 0 Å². The van der Waals surface area contributed by atoms with Crippen molar-refractivity contribution in [2.75, 3.05) is 26.2 Å². The Bertz CT molecular complexity index is 432. The summed E-state index contributed by atoms with van der Waals surface area (Å²) in [6.07, 6.45) is 1.68. The molecule has 0 aromatic rings. The van der Waals surface area contributed by atoms with E-state index in [0.717, 1.165) is 19.4 Å². The number of carbonyl (C=O) groups is 2. The van der Waals surface area contributed by atoms with Crippen LogP contribution in [0.5, 0.6) is 0 Å². The van der Waals surface area contributed by atoms with Crippen LogP contribution in [0.1, 0.15) is 54.4 Å². The number of nitrogens with zero attached hydrogens (tertiary/aromatic N) is 2. The van der Waals surface area contributed by atoms with E-state index in [1.807, 2.05) is 46.4 Å². The number of likely N-dealkylation sites (tertiary alicyclic amines) is 1. The Morgan fingerprint density at radius 3 is 2.46 bits per heavy atom. The van der Waals surface area contributed by atoms with Crippen LogP contribution in [-0.4, -0.2) is 59.6 Å². The van der Waals surface area contributed by atoms with E-state index in [1.165, 1.54) is 0 Å². The quantitative estimate of drug-likeness (QED) is 0.833. The number of hydrogen-bond donors (Lipinski definition) is 1. The second-order valence-electron chi connectivity index (χ2n) is 8.08. The van der Waals surface area contributed by atoms with Gasteiger partial charge in [0.2, 0.25) is 5.91 Å². The van der Waals surface area contributed by atoms with Crippen LogP contribution in [-0.2, 0) is 9.53 Å². The van der Waals surface area contributed by atoms with E-state index < -0.39 is 11.6 Å². The first kappa shape index (κ1) is 20.7. The third-order valence-electron chi connectivity index (χ3n) is 4.35. The minimum atomic E-state index is -0.497. The molecule has 1 heterocycles. The maximum absolute atomic E-state index is 12.5. The van der Waals surface area contributed by atoms with E-state index in [2.05, 4.69) is 0 Å². The zero-order valence-electron chi connectivity index (χ0n) is 16.2. The third-order valence-corrected chi connectivity index (χ3v) is 4.35. The van der Waals surface area contributed by atoms with Gasteiger partial charge >= 0.3 is 6.09 Å². The molecule has 2 atom stereocenters. The van der Waals surface area contributed by atoms with Crippen LogP contribution in [0.15, 0.2) is 0 Å². The lowest BCUT2D eigenvalue weighted by Crippen LogP contribution is -2.51. The minimum Gasteiger partial charge on any atom is -0.444 e. The summed E-state index contributed by atoms with van der Waals surface area (Å²) in [6, 6.07) is -0.447. The largest absolute Gasteiger partial charge is 0.444 e. The van der Waals surface area contributed by atoms with Gasteiger partial charge in [0.15, 0.2) is 0 Å². The molecule has 0 spiro atoms. The summed E-state index contributed by atoms with van der Waals surface area (Å²) in [4.78, 5) is 28.3. The second kappa shape index (κ2) is 8.70. The number of amides is 2. The summed E-state index contributed by atoms with van der Waals surface area (Å²) in [5.74, 6) is 0.427. The summed E-state index contributed by atoms with van der Waals surface area (Å²) in [7, 11) is 0. The van der Waals surface area contributed by atoms with E-state index in [-0.39, 0.29) is 23.8 Å². The highest BCUT2D eigenvalue weighted by Crippen LogP contribution is 2.20. The highest BCUT2D eigenvalue weighted by molar-refractivity contribution is 5.82. The van der Waals surface area contributed by atoms with Crippen LogP contribution in [0.2, 0.25) is 0 Å². The van der Waals surface area contributed by atoms with Crippen molar-refractivity contribution in [2.45, 2.75) is 66.0 Å². The van der Waals surface area contributed by atoms with Crippen LogP contribution in [0, 0.1) is 11.8 Å². The molecule has 0 radical (unpaired) electrons. The van der Waals surface area contributed by atoms with Crippen LogP contribution < -0.4 is 5.73 Å². The molecule has 1 saturated heterocycles. The normalized spacial score (nSPS) is 20.0. The molecule has 24 heavy (non-hydrogen) atoms. The molecule has 6 heteroatoms. The molecular weight excluding hydrogens is 306 g/mol. The Hall–Kier alpha value is -1.30. The monoisotopic (exact) mass is 341 g/mol. The third kappa shape index (κ3) is 6.30. The van der Waals surface area contributed by atoms with Crippen LogP contribution in [0.4, 0.5) is 4.79 Å². The fourth-order valence-electron chi connectivity index (χ4n) is 2.88. The first-order valence-electron chi connectivity index (χ1n) is 9.07. The summed E-state index contributed by atoms with van der Waals surface area (Å²) >= 11 is 0. The number of ether oxygens (including phenoxy) is 1. The highest BCUT2D eigenvalue weighted by atomic mass is 16.6. The molecular formula is C18H35N3O3. The van der Waals surface area contributed by atoms with Crippen molar-refractivity contribution >= 4 is 12.0 Å². The van der Waals surface area contributed by atoms with Gasteiger partial charge in [0.05, 0.1) is 6.04 Å². The molecule has 1 rings (SSSR count). The van der Waals surface area contributed by atoms with Gasteiger partial charge in [-0.2, -0.15) is 0 Å². The van der Waals surface area contributed by atoms with Crippen LogP contribution in [0.3, 0.4) is 0 Å². The van der Waals surface area contributed by atoms with Gasteiger partial charge < -0.3 is 20.3 Å². The molecule has 1 aliphatic rings. The maximum Gasteiger partial charge on any atom is 0.410 e. The van der Waals surface area contributed by atoms with Crippen molar-refractivity contribution in [3.05, 3.63) is 0 Å². The number of piperidine rings is 1. The van der Waals surface area contributed by atoms with Crippen molar-refractivity contribution < 1.29 is 14.3 Å². The molecule has 0 aromatic carbocycles. The van der Waals surface area contributed by atoms with Gasteiger partial charge in [-0.1, -0.05) is 13.8 Å². The zero-order valence-corrected chi connectivity index (χ0v) is 16.2. The predicted molar refractivity (Wildman–Crippen MR) is 95.6 cm³/mol. The average molecular weight is 341 g/mol. The molecule has 1 unspecified atom stereocenters. The fraction of sp³-hybridized carbons (Fsp3) is 0.889. The smallest absolute Gasteiger partial charge is 0.410 e. The SMILES string of the molecule is CCN(CC1CCCN(C(=O)[C@@H](N)C(C)C)C1)C(=O)OC(C)(C)C. The fourth-order valence-corrected chi connectivity index (χ4v) is 2.88. The van der Waals surface area contributed by atoms with Gasteiger partial charge in [-0.15, -0.1) is 0 Å². The number of carbonyl (C=O) groups excluding carboxylic acids is 2. The predicted octanol–water partition coefficient (Wildman–Crippen LogP) is 2.47. The molecule has 2 N–H and O–H groups in total. The standard InChI is InChI=1S/C18H35N3O3/c1-7-20(17(23)24-18(4,5)6)11-14-9-8-10-21(12-14)16(22)15(19)13(2)3/h13-15H,7-12,19H2,1-6H3/t14?,15-/m0/s1. The summed E-state index contributed by atoms with van der Waals surface area (Å²) in [5.41, 5.74) is 5.51. The number of rotatable bonds is 5. The lowest BCUT2D eigenvalue weighted by molar-refractivity contribution is -0.135.